The Kier molecular flexibility index (Phi) is 4.01. The second kappa shape index (κ2) is 5.72. The van der Waals surface area contributed by atoms with Crippen LogP contribution in [-0.4, -0.2) is 47.0 Å². The monoisotopic (exact) mass is 313 g/mol. The average molecular weight is 314 g/mol. The summed E-state index contributed by atoms with van der Waals surface area (Å²) in [5, 5.41) is 4.45. The Hall–Kier alpha value is -0.390. The summed E-state index contributed by atoms with van der Waals surface area (Å²) < 4.78 is 8.66. The van der Waals surface area contributed by atoms with Gasteiger partial charge >= 0.3 is 0 Å². The summed E-state index contributed by atoms with van der Waals surface area (Å²) in [5.41, 5.74) is 0. The lowest BCUT2D eigenvalue weighted by atomic mass is 9.90. The molecule has 0 bridgehead atoms. The molecule has 100 valence electrons. The van der Waals surface area contributed by atoms with E-state index in [-0.39, 0.29) is 0 Å². The van der Waals surface area contributed by atoms with E-state index >= 15 is 0 Å². The Morgan fingerprint density at radius 2 is 2.00 bits per heavy atom. The van der Waals surface area contributed by atoms with Gasteiger partial charge in [0.15, 0.2) is 0 Å². The van der Waals surface area contributed by atoms with Crippen molar-refractivity contribution in [2.75, 3.05) is 26.3 Å². The third-order valence-corrected chi connectivity index (χ3v) is 4.53. The molecule has 2 aliphatic rings. The molecule has 2 atom stereocenters. The molecular formula is C13H20BrN3O. The van der Waals surface area contributed by atoms with E-state index in [1.807, 2.05) is 6.20 Å². The van der Waals surface area contributed by atoms with Crippen molar-refractivity contribution >= 4 is 15.9 Å². The van der Waals surface area contributed by atoms with Crippen LogP contribution in [0.5, 0.6) is 0 Å². The number of aromatic nitrogens is 2. The summed E-state index contributed by atoms with van der Waals surface area (Å²) in [6.45, 7) is 3.99. The molecule has 1 aliphatic carbocycles. The van der Waals surface area contributed by atoms with E-state index in [9.17, 15) is 0 Å². The van der Waals surface area contributed by atoms with Crippen LogP contribution in [0.15, 0.2) is 16.9 Å². The first-order valence-electron chi connectivity index (χ1n) is 6.84. The molecule has 0 unspecified atom stereocenters. The zero-order valence-corrected chi connectivity index (χ0v) is 12.2. The van der Waals surface area contributed by atoms with Crippen LogP contribution in [0.2, 0.25) is 0 Å². The van der Waals surface area contributed by atoms with Crippen molar-refractivity contribution in [1.29, 1.82) is 0 Å². The molecular weight excluding hydrogens is 294 g/mol. The maximum Gasteiger partial charge on any atom is 0.0632 e. The zero-order valence-electron chi connectivity index (χ0n) is 10.6. The van der Waals surface area contributed by atoms with Crippen LogP contribution >= 0.6 is 15.9 Å². The van der Waals surface area contributed by atoms with Crippen LogP contribution in [0.4, 0.5) is 0 Å². The molecule has 0 amide bonds. The van der Waals surface area contributed by atoms with Gasteiger partial charge in [0.2, 0.25) is 0 Å². The molecule has 1 saturated carbocycles. The fourth-order valence-electron chi connectivity index (χ4n) is 3.17. The number of hydrogen-bond donors (Lipinski definition) is 0. The van der Waals surface area contributed by atoms with Gasteiger partial charge in [-0.1, -0.05) is 0 Å². The van der Waals surface area contributed by atoms with E-state index in [1.165, 1.54) is 25.7 Å². The topological polar surface area (TPSA) is 30.3 Å². The Bertz CT molecular complexity index is 389. The van der Waals surface area contributed by atoms with E-state index in [1.54, 1.807) is 0 Å². The molecule has 5 heteroatoms. The van der Waals surface area contributed by atoms with Gasteiger partial charge in [0.05, 0.1) is 29.9 Å². The minimum atomic E-state index is 0.567. The molecule has 0 N–H and O–H groups in total. The molecule has 1 aliphatic heterocycles. The van der Waals surface area contributed by atoms with Gasteiger partial charge in [0.1, 0.15) is 0 Å². The Morgan fingerprint density at radius 1 is 1.22 bits per heavy atom. The first kappa shape index (κ1) is 12.6. The lowest BCUT2D eigenvalue weighted by molar-refractivity contribution is 0.00313. The average Bonchev–Trinajstić information content (AvgIpc) is 2.87. The van der Waals surface area contributed by atoms with Crippen molar-refractivity contribution in [2.45, 2.75) is 37.8 Å². The van der Waals surface area contributed by atoms with Gasteiger partial charge in [-0.25, -0.2) is 0 Å². The summed E-state index contributed by atoms with van der Waals surface area (Å²) >= 11 is 3.48. The highest BCUT2D eigenvalue weighted by Gasteiger charge is 2.28. The molecule has 1 aromatic rings. The van der Waals surface area contributed by atoms with Crippen molar-refractivity contribution < 1.29 is 4.74 Å². The lowest BCUT2D eigenvalue weighted by Crippen LogP contribution is -2.45. The summed E-state index contributed by atoms with van der Waals surface area (Å²) in [7, 11) is 0. The van der Waals surface area contributed by atoms with E-state index < -0.39 is 0 Å². The van der Waals surface area contributed by atoms with Gasteiger partial charge in [-0.05, 0) is 41.6 Å². The first-order valence-corrected chi connectivity index (χ1v) is 7.63. The Balaban J connectivity index is 1.64. The van der Waals surface area contributed by atoms with Gasteiger partial charge in [0.25, 0.3) is 0 Å². The minimum absolute atomic E-state index is 0.567. The SMILES string of the molecule is Brc1cnn([C@@H]2CCC[C@H](N3CCOCC3)C2)c1. The van der Waals surface area contributed by atoms with Crippen LogP contribution < -0.4 is 0 Å². The van der Waals surface area contributed by atoms with E-state index in [0.717, 1.165) is 36.8 Å². The van der Waals surface area contributed by atoms with Gasteiger partial charge in [0, 0.05) is 25.3 Å². The molecule has 0 aromatic carbocycles. The zero-order chi connectivity index (χ0) is 12.4. The van der Waals surface area contributed by atoms with Crippen molar-refractivity contribution in [1.82, 2.24) is 14.7 Å². The second-order valence-electron chi connectivity index (χ2n) is 5.26. The van der Waals surface area contributed by atoms with Gasteiger partial charge < -0.3 is 4.74 Å². The Labute approximate surface area is 116 Å². The maximum atomic E-state index is 5.44. The summed E-state index contributed by atoms with van der Waals surface area (Å²) in [4.78, 5) is 2.61. The predicted octanol–water partition coefficient (Wildman–Crippen LogP) is 2.46. The molecule has 2 heterocycles. The standard InChI is InChI=1S/C13H20BrN3O/c14-11-9-15-17(10-11)13-3-1-2-12(8-13)16-4-6-18-7-5-16/h9-10,12-13H,1-8H2/t12-,13+/m0/s1. The fraction of sp³-hybridized carbons (Fsp3) is 0.769. The van der Waals surface area contributed by atoms with Crippen molar-refractivity contribution in [3.63, 3.8) is 0 Å². The van der Waals surface area contributed by atoms with Crippen LogP contribution in [-0.2, 0) is 4.74 Å². The van der Waals surface area contributed by atoms with E-state index in [2.05, 4.69) is 36.8 Å². The number of rotatable bonds is 2. The number of nitrogens with zero attached hydrogens (tertiary/aromatic N) is 3. The van der Waals surface area contributed by atoms with Crippen LogP contribution in [0, 0.1) is 0 Å². The number of hydrogen-bond acceptors (Lipinski definition) is 3. The number of morpholine rings is 1. The van der Waals surface area contributed by atoms with Crippen LogP contribution in [0.1, 0.15) is 31.7 Å². The third kappa shape index (κ3) is 2.78. The molecule has 4 nitrogen and oxygen atoms in total. The molecule has 0 radical (unpaired) electrons. The first-order chi connectivity index (χ1) is 8.83. The van der Waals surface area contributed by atoms with Crippen molar-refractivity contribution in [2.24, 2.45) is 0 Å². The highest BCUT2D eigenvalue weighted by atomic mass is 79.9. The third-order valence-electron chi connectivity index (χ3n) is 4.13. The summed E-state index contributed by atoms with van der Waals surface area (Å²) in [5.74, 6) is 0. The predicted molar refractivity (Wildman–Crippen MR) is 73.6 cm³/mol. The molecule has 3 rings (SSSR count). The van der Waals surface area contributed by atoms with E-state index in [0.29, 0.717) is 6.04 Å². The molecule has 18 heavy (non-hydrogen) atoms. The number of halogens is 1. The lowest BCUT2D eigenvalue weighted by Gasteiger charge is -2.39. The quantitative estimate of drug-likeness (QED) is 0.840. The van der Waals surface area contributed by atoms with Crippen LogP contribution in [0.25, 0.3) is 0 Å². The normalized spacial score (nSPS) is 30.5. The fourth-order valence-corrected chi connectivity index (χ4v) is 3.47. The maximum absolute atomic E-state index is 5.44. The smallest absolute Gasteiger partial charge is 0.0632 e. The largest absolute Gasteiger partial charge is 0.379 e. The molecule has 2 fully saturated rings. The second-order valence-corrected chi connectivity index (χ2v) is 6.18. The van der Waals surface area contributed by atoms with Gasteiger partial charge in [-0.2, -0.15) is 5.10 Å². The van der Waals surface area contributed by atoms with Gasteiger partial charge in [-0.15, -0.1) is 0 Å². The molecule has 0 spiro atoms. The summed E-state index contributed by atoms with van der Waals surface area (Å²) in [6.07, 6.45) is 9.12. The highest BCUT2D eigenvalue weighted by molar-refractivity contribution is 9.10. The van der Waals surface area contributed by atoms with Crippen LogP contribution in [0.3, 0.4) is 0 Å². The summed E-state index contributed by atoms with van der Waals surface area (Å²) in [6, 6.07) is 1.29. The van der Waals surface area contributed by atoms with Crippen molar-refractivity contribution in [3.8, 4) is 0 Å². The van der Waals surface area contributed by atoms with Crippen molar-refractivity contribution in [3.05, 3.63) is 16.9 Å². The van der Waals surface area contributed by atoms with Gasteiger partial charge in [-0.3, -0.25) is 9.58 Å². The number of ether oxygens (including phenoxy) is 1. The minimum Gasteiger partial charge on any atom is -0.379 e. The molecule has 1 aromatic heterocycles. The highest BCUT2D eigenvalue weighted by Crippen LogP contribution is 2.31. The van der Waals surface area contributed by atoms with E-state index in [4.69, 9.17) is 4.74 Å². The molecule has 1 saturated heterocycles. The Morgan fingerprint density at radius 3 is 2.72 bits per heavy atom.